The van der Waals surface area contributed by atoms with Gasteiger partial charge in [-0.25, -0.2) is 0 Å². The molecule has 16 heavy (non-hydrogen) atoms. The molecule has 2 aliphatic rings. The first-order valence-electron chi connectivity index (χ1n) is 6.47. The Morgan fingerprint density at radius 2 is 2.12 bits per heavy atom. The van der Waals surface area contributed by atoms with Crippen molar-refractivity contribution in [3.8, 4) is 6.07 Å². The third kappa shape index (κ3) is 2.56. The maximum atomic E-state index is 8.75. The smallest absolute Gasteiger partial charge is 0.0865 e. The van der Waals surface area contributed by atoms with Crippen molar-refractivity contribution in [1.82, 2.24) is 4.90 Å². The van der Waals surface area contributed by atoms with Crippen molar-refractivity contribution in [2.24, 2.45) is 0 Å². The predicted octanol–water partition coefficient (Wildman–Crippen LogP) is 2.32. The van der Waals surface area contributed by atoms with Crippen LogP contribution in [0.3, 0.4) is 0 Å². The first kappa shape index (κ1) is 11.9. The average molecular weight is 222 g/mol. The van der Waals surface area contributed by atoms with Crippen LogP contribution in [-0.4, -0.2) is 36.7 Å². The molecule has 3 nitrogen and oxygen atoms in total. The van der Waals surface area contributed by atoms with E-state index in [1.165, 1.54) is 32.1 Å². The zero-order chi connectivity index (χ0) is 11.4. The predicted molar refractivity (Wildman–Crippen MR) is 63.0 cm³/mol. The highest BCUT2D eigenvalue weighted by molar-refractivity contribution is 4.93. The van der Waals surface area contributed by atoms with Crippen LogP contribution in [0.4, 0.5) is 0 Å². The van der Waals surface area contributed by atoms with E-state index in [0.29, 0.717) is 12.6 Å². The fourth-order valence-corrected chi connectivity index (χ4v) is 3.16. The molecule has 1 saturated heterocycles. The highest BCUT2D eigenvalue weighted by Crippen LogP contribution is 2.39. The zero-order valence-corrected chi connectivity index (χ0v) is 10.2. The third-order valence-corrected chi connectivity index (χ3v) is 4.18. The second-order valence-corrected chi connectivity index (χ2v) is 5.31. The van der Waals surface area contributed by atoms with E-state index in [1.54, 1.807) is 0 Å². The van der Waals surface area contributed by atoms with Gasteiger partial charge in [-0.1, -0.05) is 19.3 Å². The summed E-state index contributed by atoms with van der Waals surface area (Å²) in [5.41, 5.74) is 0.158. The van der Waals surface area contributed by atoms with Crippen LogP contribution in [0, 0.1) is 11.3 Å². The van der Waals surface area contributed by atoms with Gasteiger partial charge in [-0.3, -0.25) is 4.90 Å². The minimum atomic E-state index is 0.158. The molecule has 2 fully saturated rings. The zero-order valence-electron chi connectivity index (χ0n) is 10.2. The van der Waals surface area contributed by atoms with Gasteiger partial charge in [0.1, 0.15) is 0 Å². The summed E-state index contributed by atoms with van der Waals surface area (Å²) in [6.07, 6.45) is 8.66. The van der Waals surface area contributed by atoms with E-state index >= 15 is 0 Å². The van der Waals surface area contributed by atoms with Gasteiger partial charge in [0.2, 0.25) is 0 Å². The molecule has 0 aromatic carbocycles. The summed E-state index contributed by atoms with van der Waals surface area (Å²) in [5, 5.41) is 8.75. The molecule has 1 unspecified atom stereocenters. The Hall–Kier alpha value is -0.590. The molecule has 2 rings (SSSR count). The van der Waals surface area contributed by atoms with Gasteiger partial charge in [0.15, 0.2) is 0 Å². The average Bonchev–Trinajstić information content (AvgIpc) is 2.30. The second-order valence-electron chi connectivity index (χ2n) is 5.31. The molecule has 0 amide bonds. The number of nitrogens with zero attached hydrogens (tertiary/aromatic N) is 2. The second kappa shape index (κ2) is 5.16. The van der Waals surface area contributed by atoms with Gasteiger partial charge in [0.05, 0.1) is 18.2 Å². The monoisotopic (exact) mass is 222 g/mol. The minimum Gasteiger partial charge on any atom is -0.375 e. The normalized spacial score (nSPS) is 29.2. The van der Waals surface area contributed by atoms with Crippen molar-refractivity contribution < 1.29 is 4.74 Å². The van der Waals surface area contributed by atoms with Crippen molar-refractivity contribution in [2.75, 3.05) is 20.2 Å². The van der Waals surface area contributed by atoms with Crippen LogP contribution in [-0.2, 0) is 4.74 Å². The molecule has 0 N–H and O–H groups in total. The number of nitriles is 1. The lowest BCUT2D eigenvalue weighted by Gasteiger charge is -2.45. The van der Waals surface area contributed by atoms with E-state index in [2.05, 4.69) is 18.0 Å². The Morgan fingerprint density at radius 1 is 1.38 bits per heavy atom. The van der Waals surface area contributed by atoms with E-state index < -0.39 is 0 Å². The summed E-state index contributed by atoms with van der Waals surface area (Å²) in [6.45, 7) is 1.42. The van der Waals surface area contributed by atoms with Crippen molar-refractivity contribution in [1.29, 1.82) is 5.26 Å². The Balaban J connectivity index is 1.95. The number of hydrogen-bond donors (Lipinski definition) is 0. The Morgan fingerprint density at radius 3 is 2.81 bits per heavy atom. The molecule has 0 bridgehead atoms. The highest BCUT2D eigenvalue weighted by Gasteiger charge is 2.39. The summed E-state index contributed by atoms with van der Waals surface area (Å²) >= 11 is 0. The van der Waals surface area contributed by atoms with Gasteiger partial charge in [-0.05, 0) is 32.7 Å². The SMILES string of the molecule is CN(CC#N)C1CCOC2(CCCCC2)C1. The molecule has 1 aliphatic heterocycles. The summed E-state index contributed by atoms with van der Waals surface area (Å²) in [6, 6.07) is 2.79. The highest BCUT2D eigenvalue weighted by atomic mass is 16.5. The van der Waals surface area contributed by atoms with Gasteiger partial charge in [0.25, 0.3) is 0 Å². The first-order chi connectivity index (χ1) is 7.76. The Kier molecular flexibility index (Phi) is 3.83. The van der Waals surface area contributed by atoms with E-state index in [0.717, 1.165) is 19.4 Å². The van der Waals surface area contributed by atoms with Gasteiger partial charge in [0, 0.05) is 12.6 Å². The molecule has 90 valence electrons. The van der Waals surface area contributed by atoms with Gasteiger partial charge < -0.3 is 4.74 Å². The maximum absolute atomic E-state index is 8.75. The van der Waals surface area contributed by atoms with Crippen LogP contribution >= 0.6 is 0 Å². The lowest BCUT2D eigenvalue weighted by molar-refractivity contribution is -0.121. The Labute approximate surface area is 98.4 Å². The lowest BCUT2D eigenvalue weighted by Crippen LogP contribution is -2.48. The largest absolute Gasteiger partial charge is 0.375 e. The molecule has 1 saturated carbocycles. The summed E-state index contributed by atoms with van der Waals surface area (Å²) in [7, 11) is 2.07. The van der Waals surface area contributed by atoms with E-state index in [-0.39, 0.29) is 5.60 Å². The minimum absolute atomic E-state index is 0.158. The van der Waals surface area contributed by atoms with Crippen LogP contribution in [0.25, 0.3) is 0 Å². The molecule has 0 radical (unpaired) electrons. The van der Waals surface area contributed by atoms with Crippen LogP contribution < -0.4 is 0 Å². The van der Waals surface area contributed by atoms with Crippen LogP contribution in [0.1, 0.15) is 44.9 Å². The van der Waals surface area contributed by atoms with Crippen LogP contribution in [0.15, 0.2) is 0 Å². The van der Waals surface area contributed by atoms with Gasteiger partial charge >= 0.3 is 0 Å². The quantitative estimate of drug-likeness (QED) is 0.673. The topological polar surface area (TPSA) is 36.3 Å². The van der Waals surface area contributed by atoms with Crippen molar-refractivity contribution in [2.45, 2.75) is 56.6 Å². The van der Waals surface area contributed by atoms with Gasteiger partial charge in [-0.2, -0.15) is 5.26 Å². The fourth-order valence-electron chi connectivity index (χ4n) is 3.16. The van der Waals surface area contributed by atoms with E-state index in [4.69, 9.17) is 10.00 Å². The van der Waals surface area contributed by atoms with Crippen molar-refractivity contribution >= 4 is 0 Å². The van der Waals surface area contributed by atoms with Crippen molar-refractivity contribution in [3.63, 3.8) is 0 Å². The molecule has 0 aromatic rings. The maximum Gasteiger partial charge on any atom is 0.0865 e. The van der Waals surface area contributed by atoms with E-state index in [1.807, 2.05) is 0 Å². The molecule has 1 atom stereocenters. The molecule has 0 aromatic heterocycles. The number of hydrogen-bond acceptors (Lipinski definition) is 3. The molecular weight excluding hydrogens is 200 g/mol. The first-order valence-corrected chi connectivity index (χ1v) is 6.47. The number of ether oxygens (including phenoxy) is 1. The fraction of sp³-hybridized carbons (Fsp3) is 0.923. The standard InChI is InChI=1S/C13H22N2O/c1-15(9-8-14)12-5-10-16-13(11-12)6-3-2-4-7-13/h12H,2-7,9-11H2,1H3. The summed E-state index contributed by atoms with van der Waals surface area (Å²) in [4.78, 5) is 2.19. The summed E-state index contributed by atoms with van der Waals surface area (Å²) in [5.74, 6) is 0. The van der Waals surface area contributed by atoms with Crippen LogP contribution in [0.5, 0.6) is 0 Å². The molecule has 3 heteroatoms. The third-order valence-electron chi connectivity index (χ3n) is 4.18. The molecule has 1 heterocycles. The molecular formula is C13H22N2O. The molecule has 1 spiro atoms. The van der Waals surface area contributed by atoms with E-state index in [9.17, 15) is 0 Å². The Bertz CT molecular complexity index is 260. The van der Waals surface area contributed by atoms with Crippen molar-refractivity contribution in [3.05, 3.63) is 0 Å². The van der Waals surface area contributed by atoms with Crippen LogP contribution in [0.2, 0.25) is 0 Å². The number of rotatable bonds is 2. The summed E-state index contributed by atoms with van der Waals surface area (Å²) < 4.78 is 6.06. The molecule has 1 aliphatic carbocycles. The van der Waals surface area contributed by atoms with Gasteiger partial charge in [-0.15, -0.1) is 0 Å². The lowest BCUT2D eigenvalue weighted by atomic mass is 9.78.